The first kappa shape index (κ1) is 16.0. The van der Waals surface area contributed by atoms with E-state index in [9.17, 15) is 0 Å². The second kappa shape index (κ2) is 9.80. The topological polar surface area (TPSA) is 35.2 Å². The van der Waals surface area contributed by atoms with Crippen LogP contribution in [0.1, 0.15) is 84.0 Å². The fourth-order valence-electron chi connectivity index (χ4n) is 2.84. The maximum atomic E-state index is 6.33. The van der Waals surface area contributed by atoms with E-state index in [1.54, 1.807) is 0 Å². The molecule has 1 aliphatic carbocycles. The Bertz CT molecular complexity index is 188. The average molecular weight is 255 g/mol. The Morgan fingerprint density at radius 2 is 1.50 bits per heavy atom. The molecule has 0 heterocycles. The number of hydrogen-bond acceptors (Lipinski definition) is 2. The molecule has 1 saturated carbocycles. The summed E-state index contributed by atoms with van der Waals surface area (Å²) in [4.78, 5) is 0. The lowest BCUT2D eigenvalue weighted by Crippen LogP contribution is -2.46. The summed E-state index contributed by atoms with van der Waals surface area (Å²) >= 11 is 0. The maximum absolute atomic E-state index is 6.33. The predicted molar refractivity (Wildman–Crippen MR) is 78.8 cm³/mol. The molecular formula is C16H33NO. The Kier molecular flexibility index (Phi) is 8.70. The van der Waals surface area contributed by atoms with Crippen molar-refractivity contribution in [1.82, 2.24) is 0 Å². The Balaban J connectivity index is 1.86. The average Bonchev–Trinajstić information content (AvgIpc) is 2.38. The van der Waals surface area contributed by atoms with Crippen molar-refractivity contribution < 1.29 is 4.74 Å². The van der Waals surface area contributed by atoms with Crippen LogP contribution in [-0.2, 0) is 4.74 Å². The van der Waals surface area contributed by atoms with E-state index in [0.717, 1.165) is 26.1 Å². The van der Waals surface area contributed by atoms with Crippen molar-refractivity contribution in [2.75, 3.05) is 13.2 Å². The molecule has 0 spiro atoms. The van der Waals surface area contributed by atoms with E-state index in [4.69, 9.17) is 10.5 Å². The summed E-state index contributed by atoms with van der Waals surface area (Å²) in [7, 11) is 0. The van der Waals surface area contributed by atoms with Crippen LogP contribution in [-0.4, -0.2) is 18.8 Å². The third-order valence-electron chi connectivity index (χ3n) is 4.13. The zero-order valence-electron chi connectivity index (χ0n) is 12.4. The van der Waals surface area contributed by atoms with Gasteiger partial charge in [0.05, 0.1) is 6.61 Å². The molecule has 18 heavy (non-hydrogen) atoms. The molecule has 2 N–H and O–H groups in total. The number of rotatable bonds is 10. The zero-order valence-corrected chi connectivity index (χ0v) is 12.4. The van der Waals surface area contributed by atoms with Gasteiger partial charge in [-0.2, -0.15) is 0 Å². The van der Waals surface area contributed by atoms with Crippen LogP contribution in [0.4, 0.5) is 0 Å². The fourth-order valence-corrected chi connectivity index (χ4v) is 2.84. The molecule has 2 nitrogen and oxygen atoms in total. The van der Waals surface area contributed by atoms with Crippen LogP contribution in [0.3, 0.4) is 0 Å². The first-order valence-corrected chi connectivity index (χ1v) is 8.13. The van der Waals surface area contributed by atoms with E-state index in [1.807, 2.05) is 0 Å². The standard InChI is InChI=1S/C16H33NO/c1-2-3-4-5-6-7-11-14-18-15-16(17)12-9-8-10-13-16/h2-15,17H2,1H3. The first-order valence-electron chi connectivity index (χ1n) is 8.13. The highest BCUT2D eigenvalue weighted by atomic mass is 16.5. The molecule has 0 aromatic heterocycles. The third-order valence-corrected chi connectivity index (χ3v) is 4.13. The van der Waals surface area contributed by atoms with Gasteiger partial charge in [-0.15, -0.1) is 0 Å². The molecule has 1 fully saturated rings. The largest absolute Gasteiger partial charge is 0.380 e. The smallest absolute Gasteiger partial charge is 0.0646 e. The number of hydrogen-bond donors (Lipinski definition) is 1. The van der Waals surface area contributed by atoms with E-state index in [1.165, 1.54) is 64.2 Å². The molecule has 0 saturated heterocycles. The van der Waals surface area contributed by atoms with E-state index >= 15 is 0 Å². The molecule has 0 unspecified atom stereocenters. The summed E-state index contributed by atoms with van der Waals surface area (Å²) in [5.74, 6) is 0. The van der Waals surface area contributed by atoms with Gasteiger partial charge in [0.15, 0.2) is 0 Å². The SMILES string of the molecule is CCCCCCCCCOCC1(N)CCCCC1. The van der Waals surface area contributed by atoms with Crippen LogP contribution in [0, 0.1) is 0 Å². The van der Waals surface area contributed by atoms with Gasteiger partial charge in [0, 0.05) is 12.1 Å². The molecule has 0 aromatic rings. The molecule has 1 rings (SSSR count). The summed E-state index contributed by atoms with van der Waals surface area (Å²) < 4.78 is 5.78. The van der Waals surface area contributed by atoms with Gasteiger partial charge in [0.25, 0.3) is 0 Å². The van der Waals surface area contributed by atoms with Crippen molar-refractivity contribution in [3.05, 3.63) is 0 Å². The number of unbranched alkanes of at least 4 members (excludes halogenated alkanes) is 6. The van der Waals surface area contributed by atoms with Gasteiger partial charge in [0.1, 0.15) is 0 Å². The molecule has 0 radical (unpaired) electrons. The number of nitrogens with two attached hydrogens (primary N) is 1. The summed E-state index contributed by atoms with van der Waals surface area (Å²) in [5, 5.41) is 0. The highest BCUT2D eigenvalue weighted by Gasteiger charge is 2.27. The second-order valence-corrected chi connectivity index (χ2v) is 6.10. The molecule has 1 aliphatic rings. The van der Waals surface area contributed by atoms with Gasteiger partial charge in [-0.25, -0.2) is 0 Å². The minimum Gasteiger partial charge on any atom is -0.380 e. The van der Waals surface area contributed by atoms with Gasteiger partial charge >= 0.3 is 0 Å². The van der Waals surface area contributed by atoms with Crippen molar-refractivity contribution in [2.24, 2.45) is 5.73 Å². The maximum Gasteiger partial charge on any atom is 0.0646 e. The van der Waals surface area contributed by atoms with Crippen molar-refractivity contribution >= 4 is 0 Å². The van der Waals surface area contributed by atoms with Crippen molar-refractivity contribution in [1.29, 1.82) is 0 Å². The Morgan fingerprint density at radius 3 is 2.17 bits per heavy atom. The van der Waals surface area contributed by atoms with Crippen molar-refractivity contribution in [2.45, 2.75) is 89.5 Å². The molecule has 0 aliphatic heterocycles. The first-order chi connectivity index (χ1) is 8.77. The summed E-state index contributed by atoms with van der Waals surface area (Å²) in [6.07, 6.45) is 15.7. The van der Waals surface area contributed by atoms with Gasteiger partial charge in [-0.05, 0) is 19.3 Å². The van der Waals surface area contributed by atoms with E-state index in [-0.39, 0.29) is 5.54 Å². The van der Waals surface area contributed by atoms with Gasteiger partial charge < -0.3 is 10.5 Å². The summed E-state index contributed by atoms with van der Waals surface area (Å²) in [5.41, 5.74) is 6.33. The third kappa shape index (κ3) is 7.38. The fraction of sp³-hybridized carbons (Fsp3) is 1.00. The highest BCUT2D eigenvalue weighted by Crippen LogP contribution is 2.26. The Labute approximate surface area is 114 Å². The lowest BCUT2D eigenvalue weighted by molar-refractivity contribution is 0.0655. The highest BCUT2D eigenvalue weighted by molar-refractivity contribution is 4.86. The van der Waals surface area contributed by atoms with E-state index in [2.05, 4.69) is 6.92 Å². The minimum absolute atomic E-state index is 0.000619. The lowest BCUT2D eigenvalue weighted by Gasteiger charge is -2.33. The quantitative estimate of drug-likeness (QED) is 0.587. The van der Waals surface area contributed by atoms with Crippen LogP contribution in [0.25, 0.3) is 0 Å². The Morgan fingerprint density at radius 1 is 0.889 bits per heavy atom. The van der Waals surface area contributed by atoms with E-state index in [0.29, 0.717) is 0 Å². The normalized spacial score (nSPS) is 19.0. The zero-order chi connectivity index (χ0) is 13.1. The van der Waals surface area contributed by atoms with E-state index < -0.39 is 0 Å². The molecule has 108 valence electrons. The van der Waals surface area contributed by atoms with Crippen molar-refractivity contribution in [3.63, 3.8) is 0 Å². The lowest BCUT2D eigenvalue weighted by atomic mass is 9.83. The van der Waals surface area contributed by atoms with Crippen LogP contribution in [0.2, 0.25) is 0 Å². The van der Waals surface area contributed by atoms with Gasteiger partial charge in [-0.1, -0.05) is 64.7 Å². The van der Waals surface area contributed by atoms with Crippen LogP contribution in [0.15, 0.2) is 0 Å². The van der Waals surface area contributed by atoms with Crippen molar-refractivity contribution in [3.8, 4) is 0 Å². The molecule has 0 bridgehead atoms. The summed E-state index contributed by atoms with van der Waals surface area (Å²) in [6, 6.07) is 0. The van der Waals surface area contributed by atoms with Crippen LogP contribution >= 0.6 is 0 Å². The summed E-state index contributed by atoms with van der Waals surface area (Å²) in [6.45, 7) is 3.96. The van der Waals surface area contributed by atoms with Gasteiger partial charge in [-0.3, -0.25) is 0 Å². The van der Waals surface area contributed by atoms with Crippen LogP contribution < -0.4 is 5.73 Å². The molecular weight excluding hydrogens is 222 g/mol. The monoisotopic (exact) mass is 255 g/mol. The van der Waals surface area contributed by atoms with Crippen LogP contribution in [0.5, 0.6) is 0 Å². The molecule has 0 aromatic carbocycles. The number of ether oxygens (including phenoxy) is 1. The minimum atomic E-state index is -0.000619. The Hall–Kier alpha value is -0.0800. The molecule has 0 atom stereocenters. The molecule has 0 amide bonds. The predicted octanol–water partition coefficient (Wildman–Crippen LogP) is 4.42. The molecule has 2 heteroatoms. The second-order valence-electron chi connectivity index (χ2n) is 6.10. The van der Waals surface area contributed by atoms with Gasteiger partial charge in [0.2, 0.25) is 0 Å².